The molecule has 5 nitrogen and oxygen atoms in total. The van der Waals surface area contributed by atoms with Crippen LogP contribution in [-0.2, 0) is 9.59 Å². The van der Waals surface area contributed by atoms with Gasteiger partial charge in [-0.1, -0.05) is 57.9 Å². The Bertz CT molecular complexity index is 951. The molecule has 0 aromatic heterocycles. The van der Waals surface area contributed by atoms with E-state index in [1.54, 1.807) is 17.0 Å². The highest BCUT2D eigenvalue weighted by Crippen LogP contribution is 2.40. The minimum atomic E-state index is -0.641. The quantitative estimate of drug-likeness (QED) is 0.403. The molecule has 29 heavy (non-hydrogen) atoms. The van der Waals surface area contributed by atoms with Gasteiger partial charge in [0.15, 0.2) is 0 Å². The molecular weight excluding hydrogens is 432 g/mol. The lowest BCUT2D eigenvalue weighted by Crippen LogP contribution is -2.32. The van der Waals surface area contributed by atoms with Crippen LogP contribution in [-0.4, -0.2) is 53.8 Å². The van der Waals surface area contributed by atoms with Gasteiger partial charge in [-0.05, 0) is 51.7 Å². The number of aryl methyl sites for hydroxylation is 1. The molecule has 1 amide bonds. The number of nitrogens with zero attached hydrogens (tertiary/aromatic N) is 2. The zero-order valence-corrected chi connectivity index (χ0v) is 18.4. The van der Waals surface area contributed by atoms with Crippen LogP contribution in [0.5, 0.6) is 0 Å². The Morgan fingerprint density at radius 2 is 1.83 bits per heavy atom. The number of carbonyl (C=O) groups is 2. The molecule has 2 aromatic carbocycles. The van der Waals surface area contributed by atoms with Crippen molar-refractivity contribution in [1.82, 2.24) is 9.80 Å². The van der Waals surface area contributed by atoms with Crippen molar-refractivity contribution in [3.05, 3.63) is 75.3 Å². The van der Waals surface area contributed by atoms with Gasteiger partial charge in [0.25, 0.3) is 11.7 Å². The molecule has 0 bridgehead atoms. The van der Waals surface area contributed by atoms with Crippen molar-refractivity contribution in [2.24, 2.45) is 0 Å². The average molecular weight is 457 g/mol. The van der Waals surface area contributed by atoms with Crippen molar-refractivity contribution in [1.29, 1.82) is 0 Å². The van der Waals surface area contributed by atoms with Crippen LogP contribution in [0.3, 0.4) is 0 Å². The normalized spacial score (nSPS) is 18.7. The van der Waals surface area contributed by atoms with E-state index in [1.165, 1.54) is 0 Å². The van der Waals surface area contributed by atoms with Crippen molar-refractivity contribution in [3.63, 3.8) is 0 Å². The van der Waals surface area contributed by atoms with Gasteiger partial charge >= 0.3 is 0 Å². The summed E-state index contributed by atoms with van der Waals surface area (Å²) in [5.41, 5.74) is 2.51. The molecule has 1 atom stereocenters. The highest BCUT2D eigenvalue weighted by Gasteiger charge is 2.45. The van der Waals surface area contributed by atoms with Gasteiger partial charge < -0.3 is 14.9 Å². The van der Waals surface area contributed by atoms with Crippen LogP contribution in [0.4, 0.5) is 0 Å². The van der Waals surface area contributed by atoms with E-state index >= 15 is 0 Å². The van der Waals surface area contributed by atoms with Crippen LogP contribution in [0.25, 0.3) is 5.76 Å². The number of ketones is 1. The number of halogens is 1. The smallest absolute Gasteiger partial charge is 0.295 e. The molecule has 1 aliphatic rings. The van der Waals surface area contributed by atoms with E-state index in [0.29, 0.717) is 12.1 Å². The second kappa shape index (κ2) is 8.93. The lowest BCUT2D eigenvalue weighted by Gasteiger charge is -2.26. The number of Topliss-reactive ketones (excluding diaryl/α,β-unsaturated/α-hetero) is 1. The zero-order chi connectivity index (χ0) is 21.1. The summed E-state index contributed by atoms with van der Waals surface area (Å²) in [6.07, 6.45) is 0.731. The number of likely N-dealkylation sites (tertiary alicyclic amines) is 1. The SMILES string of the molecule is Cc1ccc(/C(O)=C2\C(=O)C(=O)N(CCCN(C)C)[C@H]2c2cccc(Br)c2)cc1. The first-order valence-electron chi connectivity index (χ1n) is 9.55. The van der Waals surface area contributed by atoms with Crippen molar-refractivity contribution in [2.45, 2.75) is 19.4 Å². The number of amides is 1. The molecule has 0 unspecified atom stereocenters. The second-order valence-corrected chi connectivity index (χ2v) is 8.49. The first-order valence-corrected chi connectivity index (χ1v) is 10.3. The van der Waals surface area contributed by atoms with Gasteiger partial charge in [-0.2, -0.15) is 0 Å². The Kier molecular flexibility index (Phi) is 6.55. The van der Waals surface area contributed by atoms with Gasteiger partial charge in [0, 0.05) is 16.6 Å². The fourth-order valence-electron chi connectivity index (χ4n) is 3.56. The van der Waals surface area contributed by atoms with Crippen LogP contribution in [0.1, 0.15) is 29.2 Å². The van der Waals surface area contributed by atoms with Crippen molar-refractivity contribution < 1.29 is 14.7 Å². The van der Waals surface area contributed by atoms with E-state index in [-0.39, 0.29) is 11.3 Å². The third kappa shape index (κ3) is 4.60. The van der Waals surface area contributed by atoms with Gasteiger partial charge in [0.2, 0.25) is 0 Å². The van der Waals surface area contributed by atoms with Crippen LogP contribution in [0.15, 0.2) is 58.6 Å². The predicted octanol–water partition coefficient (Wildman–Crippen LogP) is 4.13. The molecule has 3 rings (SSSR count). The molecular formula is C23H25BrN2O3. The van der Waals surface area contributed by atoms with E-state index < -0.39 is 17.7 Å². The minimum Gasteiger partial charge on any atom is -0.507 e. The van der Waals surface area contributed by atoms with Gasteiger partial charge in [0.05, 0.1) is 11.6 Å². The van der Waals surface area contributed by atoms with Crippen LogP contribution in [0, 0.1) is 6.92 Å². The van der Waals surface area contributed by atoms with Crippen LogP contribution in [0.2, 0.25) is 0 Å². The number of hydrogen-bond donors (Lipinski definition) is 1. The fraction of sp³-hybridized carbons (Fsp3) is 0.304. The van der Waals surface area contributed by atoms with Crippen molar-refractivity contribution in [3.8, 4) is 0 Å². The first kappa shape index (κ1) is 21.3. The molecule has 152 valence electrons. The Morgan fingerprint density at radius 3 is 2.45 bits per heavy atom. The Hall–Kier alpha value is -2.44. The summed E-state index contributed by atoms with van der Waals surface area (Å²) in [4.78, 5) is 29.4. The maximum Gasteiger partial charge on any atom is 0.295 e. The lowest BCUT2D eigenvalue weighted by atomic mass is 9.95. The lowest BCUT2D eigenvalue weighted by molar-refractivity contribution is -0.139. The molecule has 1 N–H and O–H groups in total. The Balaban J connectivity index is 2.09. The van der Waals surface area contributed by atoms with E-state index in [4.69, 9.17) is 0 Å². The molecule has 0 saturated carbocycles. The van der Waals surface area contributed by atoms with Crippen molar-refractivity contribution >= 4 is 33.4 Å². The zero-order valence-electron chi connectivity index (χ0n) is 16.9. The highest BCUT2D eigenvalue weighted by molar-refractivity contribution is 9.10. The number of rotatable bonds is 6. The van der Waals surface area contributed by atoms with E-state index in [2.05, 4.69) is 15.9 Å². The standard InChI is InChI=1S/C23H25BrN2O3/c1-15-8-10-16(11-9-15)21(27)19-20(17-6-4-7-18(24)14-17)26(23(29)22(19)28)13-5-12-25(2)3/h4,6-11,14,20,27H,5,12-13H2,1-3H3/b21-19+/t20-/m0/s1. The number of aliphatic hydroxyl groups is 1. The number of carbonyl (C=O) groups excluding carboxylic acids is 2. The van der Waals surface area contributed by atoms with Crippen LogP contribution >= 0.6 is 15.9 Å². The summed E-state index contributed by atoms with van der Waals surface area (Å²) < 4.78 is 0.851. The molecule has 0 aliphatic carbocycles. The summed E-state index contributed by atoms with van der Waals surface area (Å²) >= 11 is 3.47. The first-order chi connectivity index (χ1) is 13.8. The molecule has 1 saturated heterocycles. The van der Waals surface area contributed by atoms with Crippen LogP contribution < -0.4 is 0 Å². The fourth-order valence-corrected chi connectivity index (χ4v) is 3.98. The monoisotopic (exact) mass is 456 g/mol. The number of benzene rings is 2. The van der Waals surface area contributed by atoms with E-state index in [9.17, 15) is 14.7 Å². The van der Waals surface area contributed by atoms with Gasteiger partial charge in [-0.3, -0.25) is 9.59 Å². The Morgan fingerprint density at radius 1 is 1.14 bits per heavy atom. The summed E-state index contributed by atoms with van der Waals surface area (Å²) in [6.45, 7) is 3.19. The third-order valence-corrected chi connectivity index (χ3v) is 5.53. The van der Waals surface area contributed by atoms with Gasteiger partial charge in [0.1, 0.15) is 5.76 Å². The topological polar surface area (TPSA) is 60.9 Å². The average Bonchev–Trinajstić information content (AvgIpc) is 2.93. The van der Waals surface area contributed by atoms with E-state index in [1.807, 2.05) is 62.3 Å². The predicted molar refractivity (Wildman–Crippen MR) is 118 cm³/mol. The molecule has 2 aromatic rings. The largest absolute Gasteiger partial charge is 0.507 e. The molecule has 1 heterocycles. The summed E-state index contributed by atoms with van der Waals surface area (Å²) in [5, 5.41) is 11.0. The van der Waals surface area contributed by atoms with Gasteiger partial charge in [-0.15, -0.1) is 0 Å². The third-order valence-electron chi connectivity index (χ3n) is 5.03. The number of hydrogen-bond acceptors (Lipinski definition) is 4. The van der Waals surface area contributed by atoms with E-state index in [0.717, 1.165) is 28.6 Å². The summed E-state index contributed by atoms with van der Waals surface area (Å²) in [7, 11) is 3.94. The number of aliphatic hydroxyl groups excluding tert-OH is 1. The second-order valence-electron chi connectivity index (χ2n) is 7.57. The Labute approximate surface area is 179 Å². The maximum absolute atomic E-state index is 12.9. The molecule has 1 aliphatic heterocycles. The molecule has 0 radical (unpaired) electrons. The minimum absolute atomic E-state index is 0.136. The molecule has 1 fully saturated rings. The summed E-state index contributed by atoms with van der Waals surface area (Å²) in [6, 6.07) is 14.2. The van der Waals surface area contributed by atoms with Gasteiger partial charge in [-0.25, -0.2) is 0 Å². The maximum atomic E-state index is 12.9. The molecule has 0 spiro atoms. The van der Waals surface area contributed by atoms with Crippen molar-refractivity contribution in [2.75, 3.05) is 27.2 Å². The molecule has 6 heteroatoms. The highest BCUT2D eigenvalue weighted by atomic mass is 79.9. The summed E-state index contributed by atoms with van der Waals surface area (Å²) in [5.74, 6) is -1.34.